The zero-order valence-corrected chi connectivity index (χ0v) is 24.0. The number of sulfone groups is 1. The Morgan fingerprint density at radius 3 is 2.38 bits per heavy atom. The maximum atomic E-state index is 13.4. The number of halogens is 1. The van der Waals surface area contributed by atoms with Crippen LogP contribution in [0.4, 0.5) is 4.39 Å². The molecule has 0 bridgehead atoms. The molecule has 0 unspecified atom stereocenters. The molecule has 1 aromatic heterocycles. The number of carbonyl (C=O) groups excluding carboxylic acids is 2. The molecular weight excluding hydrogens is 553 g/mol. The van der Waals surface area contributed by atoms with Crippen LogP contribution < -0.4 is 10.0 Å². The molecular formula is C28H32FN5O4S2. The predicted octanol–water partition coefficient (Wildman–Crippen LogP) is 2.78. The third kappa shape index (κ3) is 6.73. The van der Waals surface area contributed by atoms with Crippen LogP contribution in [0.2, 0.25) is 0 Å². The molecule has 0 radical (unpaired) electrons. The first-order valence-corrected chi connectivity index (χ1v) is 16.0. The second-order valence-corrected chi connectivity index (χ2v) is 13.5. The van der Waals surface area contributed by atoms with Gasteiger partial charge in [0.05, 0.1) is 22.9 Å². The molecule has 2 fully saturated rings. The monoisotopic (exact) mass is 585 g/mol. The van der Waals surface area contributed by atoms with E-state index in [0.29, 0.717) is 5.56 Å². The minimum Gasteiger partial charge on any atom is -0.339 e. The molecule has 2 aliphatic rings. The van der Waals surface area contributed by atoms with Crippen LogP contribution in [0.15, 0.2) is 54.6 Å². The van der Waals surface area contributed by atoms with E-state index in [9.17, 15) is 22.4 Å². The van der Waals surface area contributed by atoms with Crippen LogP contribution in [0.25, 0.3) is 5.69 Å². The molecule has 1 aliphatic carbocycles. The lowest BCUT2D eigenvalue weighted by atomic mass is 10.1. The summed E-state index contributed by atoms with van der Waals surface area (Å²) in [6.45, 7) is 4.09. The Hall–Kier alpha value is -3.22. The van der Waals surface area contributed by atoms with Crippen LogP contribution in [0.5, 0.6) is 0 Å². The molecule has 1 saturated heterocycles. The molecule has 2 heterocycles. The van der Waals surface area contributed by atoms with Crippen molar-refractivity contribution in [3.05, 3.63) is 82.9 Å². The number of hydrogen-bond acceptors (Lipinski definition) is 7. The number of rotatable bonds is 9. The number of amides is 2. The van der Waals surface area contributed by atoms with E-state index in [-0.39, 0.29) is 59.9 Å². The predicted molar refractivity (Wildman–Crippen MR) is 153 cm³/mol. The van der Waals surface area contributed by atoms with E-state index in [4.69, 9.17) is 0 Å². The van der Waals surface area contributed by atoms with Gasteiger partial charge < -0.3 is 10.2 Å². The van der Waals surface area contributed by atoms with Gasteiger partial charge in [0, 0.05) is 42.1 Å². The van der Waals surface area contributed by atoms with E-state index in [2.05, 4.69) is 15.1 Å². The molecule has 3 atom stereocenters. The third-order valence-corrected chi connectivity index (χ3v) is 9.80. The number of hydrogen-bond donors (Lipinski definition) is 2. The van der Waals surface area contributed by atoms with Crippen molar-refractivity contribution in [3.8, 4) is 5.69 Å². The smallest absolute Gasteiger partial charge is 0.251 e. The maximum Gasteiger partial charge on any atom is 0.251 e. The zero-order chi connectivity index (χ0) is 28.4. The number of aromatic nitrogens is 2. The summed E-state index contributed by atoms with van der Waals surface area (Å²) in [7, 11) is -3.15. The summed E-state index contributed by atoms with van der Waals surface area (Å²) in [6, 6.07) is 14.8. The molecule has 2 amide bonds. The quantitative estimate of drug-likeness (QED) is 0.372. The third-order valence-electron chi connectivity index (χ3n) is 7.22. The standard InChI is InChI=1S/C28H32FN5O4S2/c1-18-15-19(2)34(31-18)23-9-5-21(6-10-23)27(35)30-26(28(36)33-11-13-40(37,38)14-12-33)17-39-32-25-16-24(25)20-3-7-22(29)8-4-20/h3-10,15,24-26,32H,11-14,16-17H2,1-2H3,(H,30,35)/t24-,25+,26-/m0/s1. The van der Waals surface area contributed by atoms with Crippen LogP contribution in [-0.2, 0) is 14.6 Å². The lowest BCUT2D eigenvalue weighted by Gasteiger charge is -2.30. The fraction of sp³-hybridized carbons (Fsp3) is 0.393. The van der Waals surface area contributed by atoms with Crippen molar-refractivity contribution in [2.75, 3.05) is 30.3 Å². The van der Waals surface area contributed by atoms with E-state index >= 15 is 0 Å². The second-order valence-electron chi connectivity index (χ2n) is 10.3. The topological polar surface area (TPSA) is 113 Å². The van der Waals surface area contributed by atoms with Crippen molar-refractivity contribution in [2.45, 2.75) is 38.3 Å². The Kier molecular flexibility index (Phi) is 8.29. The first-order valence-electron chi connectivity index (χ1n) is 13.2. The fourth-order valence-corrected chi connectivity index (χ4v) is 7.02. The van der Waals surface area contributed by atoms with Crippen molar-refractivity contribution >= 4 is 33.6 Å². The van der Waals surface area contributed by atoms with Gasteiger partial charge in [0.2, 0.25) is 5.91 Å². The number of carbonyl (C=O) groups is 2. The molecule has 1 saturated carbocycles. The van der Waals surface area contributed by atoms with E-state index in [0.717, 1.165) is 29.1 Å². The number of nitrogens with zero attached hydrogens (tertiary/aromatic N) is 3. The molecule has 12 heteroatoms. The fourth-order valence-electron chi connectivity index (χ4n) is 4.86. The molecule has 3 aromatic rings. The van der Waals surface area contributed by atoms with Crippen LogP contribution in [0.1, 0.15) is 39.6 Å². The Balaban J connectivity index is 1.23. The first-order chi connectivity index (χ1) is 19.1. The number of nitrogens with one attached hydrogen (secondary N) is 2. The van der Waals surface area contributed by atoms with E-state index in [1.165, 1.54) is 29.0 Å². The minimum absolute atomic E-state index is 0.0833. The van der Waals surface area contributed by atoms with Gasteiger partial charge in [-0.05, 0) is 68.3 Å². The Bertz CT molecular complexity index is 1480. The lowest BCUT2D eigenvalue weighted by molar-refractivity contribution is -0.132. The molecule has 5 rings (SSSR count). The largest absolute Gasteiger partial charge is 0.339 e. The Morgan fingerprint density at radius 1 is 1.07 bits per heavy atom. The van der Waals surface area contributed by atoms with Crippen molar-refractivity contribution in [1.29, 1.82) is 0 Å². The number of aryl methyl sites for hydroxylation is 2. The summed E-state index contributed by atoms with van der Waals surface area (Å²) in [4.78, 5) is 28.1. The van der Waals surface area contributed by atoms with Gasteiger partial charge in [-0.25, -0.2) is 17.5 Å². The van der Waals surface area contributed by atoms with Gasteiger partial charge in [0.1, 0.15) is 11.9 Å². The Morgan fingerprint density at radius 2 is 1.75 bits per heavy atom. The SMILES string of the molecule is Cc1cc(C)n(-c2ccc(C(=O)N[C@@H](CSN[C@@H]3C[C@H]3c3ccc(F)cc3)C(=O)N3CCS(=O)(=O)CC3)cc2)n1. The Labute approximate surface area is 237 Å². The molecule has 1 aliphatic heterocycles. The first kappa shape index (κ1) is 28.3. The molecule has 40 heavy (non-hydrogen) atoms. The highest BCUT2D eigenvalue weighted by atomic mass is 32.2. The van der Waals surface area contributed by atoms with E-state index in [1.807, 2.05) is 19.9 Å². The highest BCUT2D eigenvalue weighted by Crippen LogP contribution is 2.41. The highest BCUT2D eigenvalue weighted by molar-refractivity contribution is 7.97. The average Bonchev–Trinajstić information content (AvgIpc) is 3.62. The van der Waals surface area contributed by atoms with Crippen LogP contribution >= 0.6 is 11.9 Å². The summed E-state index contributed by atoms with van der Waals surface area (Å²) in [5.74, 6) is -0.594. The van der Waals surface area contributed by atoms with Gasteiger partial charge in [0.25, 0.3) is 5.91 Å². The highest BCUT2D eigenvalue weighted by Gasteiger charge is 2.39. The molecule has 9 nitrogen and oxygen atoms in total. The maximum absolute atomic E-state index is 13.4. The van der Waals surface area contributed by atoms with Gasteiger partial charge >= 0.3 is 0 Å². The van der Waals surface area contributed by atoms with Gasteiger partial charge in [-0.15, -0.1) is 0 Å². The van der Waals surface area contributed by atoms with Crippen molar-refractivity contribution in [1.82, 2.24) is 24.7 Å². The molecule has 0 spiro atoms. The van der Waals surface area contributed by atoms with Crippen LogP contribution in [0, 0.1) is 19.7 Å². The van der Waals surface area contributed by atoms with Crippen LogP contribution in [0.3, 0.4) is 0 Å². The van der Waals surface area contributed by atoms with Gasteiger partial charge in [-0.1, -0.05) is 24.1 Å². The summed E-state index contributed by atoms with van der Waals surface area (Å²) in [5.41, 5.74) is 4.15. The second kappa shape index (κ2) is 11.7. The molecule has 212 valence electrons. The van der Waals surface area contributed by atoms with E-state index < -0.39 is 15.9 Å². The summed E-state index contributed by atoms with van der Waals surface area (Å²) >= 11 is 1.35. The van der Waals surface area contributed by atoms with Gasteiger partial charge in [-0.3, -0.25) is 14.3 Å². The van der Waals surface area contributed by atoms with Gasteiger partial charge in [0.15, 0.2) is 9.84 Å². The van der Waals surface area contributed by atoms with Gasteiger partial charge in [-0.2, -0.15) is 5.10 Å². The van der Waals surface area contributed by atoms with Crippen LogP contribution in [-0.4, -0.2) is 77.3 Å². The summed E-state index contributed by atoms with van der Waals surface area (Å²) in [5, 5.41) is 7.33. The summed E-state index contributed by atoms with van der Waals surface area (Å²) < 4.78 is 42.2. The molecule has 2 N–H and O–H groups in total. The van der Waals surface area contributed by atoms with E-state index in [1.54, 1.807) is 41.1 Å². The van der Waals surface area contributed by atoms with Crippen molar-refractivity contribution < 1.29 is 22.4 Å². The summed E-state index contributed by atoms with van der Waals surface area (Å²) in [6.07, 6.45) is 0.898. The molecule has 2 aromatic carbocycles. The lowest BCUT2D eigenvalue weighted by Crippen LogP contribution is -2.54. The van der Waals surface area contributed by atoms with Crippen molar-refractivity contribution in [3.63, 3.8) is 0 Å². The number of benzene rings is 2. The zero-order valence-electron chi connectivity index (χ0n) is 22.3. The minimum atomic E-state index is -3.15. The average molecular weight is 586 g/mol. The van der Waals surface area contributed by atoms with Crippen molar-refractivity contribution in [2.24, 2.45) is 0 Å². The normalized spacial score (nSPS) is 20.6.